The second-order valence-electron chi connectivity index (χ2n) is 10.2. The van der Waals surface area contributed by atoms with Crippen LogP contribution in [-0.2, 0) is 4.79 Å². The summed E-state index contributed by atoms with van der Waals surface area (Å²) in [5, 5.41) is 21.0. The predicted octanol–water partition coefficient (Wildman–Crippen LogP) is 3.35. The van der Waals surface area contributed by atoms with Crippen molar-refractivity contribution in [3.05, 3.63) is 0 Å². The molecule has 25 heavy (non-hydrogen) atoms. The topological polar surface area (TPSA) is 60.8 Å². The third kappa shape index (κ3) is 4.57. The van der Waals surface area contributed by atoms with Crippen molar-refractivity contribution in [3.8, 4) is 0 Å². The molecule has 1 saturated heterocycles. The molecule has 144 valence electrons. The lowest BCUT2D eigenvalue weighted by Gasteiger charge is -2.47. The van der Waals surface area contributed by atoms with Crippen molar-refractivity contribution in [2.45, 2.75) is 90.3 Å². The number of piperidine rings is 1. The average Bonchev–Trinajstić information content (AvgIpc) is 3.03. The molecule has 0 radical (unpaired) electrons. The van der Waals surface area contributed by atoms with Crippen molar-refractivity contribution in [2.24, 2.45) is 23.2 Å². The van der Waals surface area contributed by atoms with Crippen LogP contribution in [0.25, 0.3) is 0 Å². The second kappa shape index (κ2) is 7.19. The average molecular weight is 352 g/mol. The van der Waals surface area contributed by atoms with Crippen LogP contribution in [0.5, 0.6) is 0 Å². The molecule has 3 aliphatic rings. The van der Waals surface area contributed by atoms with Gasteiger partial charge < -0.3 is 15.1 Å². The van der Waals surface area contributed by atoms with Crippen LogP contribution in [0, 0.1) is 23.2 Å². The Morgan fingerprint density at radius 2 is 1.80 bits per heavy atom. The summed E-state index contributed by atoms with van der Waals surface area (Å²) < 4.78 is 0. The number of likely N-dealkylation sites (tertiary alicyclic amines) is 1. The number of amides is 1. The van der Waals surface area contributed by atoms with Gasteiger partial charge in [-0.2, -0.15) is 0 Å². The third-order valence-electron chi connectivity index (χ3n) is 6.88. The van der Waals surface area contributed by atoms with Crippen LogP contribution in [0.1, 0.15) is 78.6 Å². The number of carbonyl (C=O) groups excluding carboxylic acids is 1. The van der Waals surface area contributed by atoms with Gasteiger partial charge in [0.2, 0.25) is 5.91 Å². The first-order valence-electron chi connectivity index (χ1n) is 10.4. The molecule has 0 aromatic heterocycles. The lowest BCUT2D eigenvalue weighted by molar-refractivity contribution is -0.157. The molecule has 0 aromatic carbocycles. The van der Waals surface area contributed by atoms with E-state index in [-0.39, 0.29) is 29.3 Å². The minimum absolute atomic E-state index is 0.00978. The Labute approximate surface area is 153 Å². The first kappa shape index (κ1) is 19.2. The first-order chi connectivity index (χ1) is 11.7. The highest BCUT2D eigenvalue weighted by molar-refractivity contribution is 5.80. The summed E-state index contributed by atoms with van der Waals surface area (Å²) in [6.07, 6.45) is 8.46. The Balaban J connectivity index is 1.50. The largest absolute Gasteiger partial charge is 0.393 e. The van der Waals surface area contributed by atoms with Gasteiger partial charge in [-0.3, -0.25) is 4.79 Å². The standard InChI is InChI=1S/C21H37NO3/c1-20(2,3)9-10-21(25)12-16(13-21)19(24)22-11-8-18(23)17(14-22)15-6-4-5-7-15/h15-18,23,25H,4-14H2,1-3H3/t16?,17-,18+,21?/m0/s1. The molecule has 2 N–H and O–H groups in total. The predicted molar refractivity (Wildman–Crippen MR) is 99.0 cm³/mol. The van der Waals surface area contributed by atoms with Crippen LogP contribution in [-0.4, -0.2) is 45.8 Å². The fourth-order valence-electron chi connectivity index (χ4n) is 5.12. The molecule has 2 saturated carbocycles. The highest BCUT2D eigenvalue weighted by atomic mass is 16.3. The fraction of sp³-hybridized carbons (Fsp3) is 0.952. The zero-order valence-corrected chi connectivity index (χ0v) is 16.3. The molecular formula is C21H37NO3. The smallest absolute Gasteiger partial charge is 0.225 e. The summed E-state index contributed by atoms with van der Waals surface area (Å²) >= 11 is 0. The molecule has 1 heterocycles. The zero-order valence-electron chi connectivity index (χ0n) is 16.3. The second-order valence-corrected chi connectivity index (χ2v) is 10.2. The summed E-state index contributed by atoms with van der Waals surface area (Å²) in [7, 11) is 0. The van der Waals surface area contributed by atoms with Gasteiger partial charge in [0.05, 0.1) is 11.7 Å². The van der Waals surface area contributed by atoms with Gasteiger partial charge in [-0.05, 0) is 43.4 Å². The first-order valence-corrected chi connectivity index (χ1v) is 10.4. The SMILES string of the molecule is CC(C)(C)CCC1(O)CC(C(=O)N2CC[C@@H](O)[C@H](C3CCCC3)C2)C1. The maximum absolute atomic E-state index is 12.9. The molecule has 0 bridgehead atoms. The number of aliphatic hydroxyl groups excluding tert-OH is 1. The molecule has 4 nitrogen and oxygen atoms in total. The Bertz CT molecular complexity index is 472. The van der Waals surface area contributed by atoms with Gasteiger partial charge in [0.15, 0.2) is 0 Å². The molecule has 4 heteroatoms. The minimum Gasteiger partial charge on any atom is -0.393 e. The molecule has 2 atom stereocenters. The summed E-state index contributed by atoms with van der Waals surface area (Å²) in [5.41, 5.74) is -0.407. The van der Waals surface area contributed by atoms with E-state index in [9.17, 15) is 15.0 Å². The maximum atomic E-state index is 12.9. The van der Waals surface area contributed by atoms with Crippen LogP contribution >= 0.6 is 0 Å². The molecular weight excluding hydrogens is 314 g/mol. The number of hydrogen-bond acceptors (Lipinski definition) is 3. The van der Waals surface area contributed by atoms with E-state index >= 15 is 0 Å². The van der Waals surface area contributed by atoms with Crippen LogP contribution < -0.4 is 0 Å². The van der Waals surface area contributed by atoms with Crippen LogP contribution in [0.15, 0.2) is 0 Å². The summed E-state index contributed by atoms with van der Waals surface area (Å²) in [5.74, 6) is 1.07. The molecule has 3 rings (SSSR count). The van der Waals surface area contributed by atoms with Crippen LogP contribution in [0.3, 0.4) is 0 Å². The molecule has 1 aliphatic heterocycles. The molecule has 3 fully saturated rings. The Morgan fingerprint density at radius 3 is 2.40 bits per heavy atom. The van der Waals surface area contributed by atoms with Crippen molar-refractivity contribution in [1.29, 1.82) is 0 Å². The van der Waals surface area contributed by atoms with Crippen molar-refractivity contribution in [2.75, 3.05) is 13.1 Å². The number of aliphatic hydroxyl groups is 2. The van der Waals surface area contributed by atoms with Gasteiger partial charge in [0.25, 0.3) is 0 Å². The van der Waals surface area contributed by atoms with E-state index < -0.39 is 5.60 Å². The highest BCUT2D eigenvalue weighted by Crippen LogP contribution is 2.44. The van der Waals surface area contributed by atoms with E-state index in [0.29, 0.717) is 31.7 Å². The van der Waals surface area contributed by atoms with E-state index in [4.69, 9.17) is 0 Å². The van der Waals surface area contributed by atoms with E-state index in [1.807, 2.05) is 4.90 Å². The molecule has 0 aromatic rings. The lowest BCUT2D eigenvalue weighted by atomic mass is 9.66. The van der Waals surface area contributed by atoms with E-state index in [0.717, 1.165) is 19.4 Å². The van der Waals surface area contributed by atoms with E-state index in [1.165, 1.54) is 25.7 Å². The minimum atomic E-state index is -0.631. The molecule has 2 aliphatic carbocycles. The van der Waals surface area contributed by atoms with E-state index in [2.05, 4.69) is 20.8 Å². The van der Waals surface area contributed by atoms with Gasteiger partial charge in [0, 0.05) is 24.9 Å². The van der Waals surface area contributed by atoms with Gasteiger partial charge in [-0.15, -0.1) is 0 Å². The molecule has 0 unspecified atom stereocenters. The van der Waals surface area contributed by atoms with Crippen molar-refractivity contribution in [1.82, 2.24) is 4.90 Å². The van der Waals surface area contributed by atoms with Gasteiger partial charge in [0.1, 0.15) is 0 Å². The molecule has 0 spiro atoms. The van der Waals surface area contributed by atoms with Crippen LogP contribution in [0.2, 0.25) is 0 Å². The lowest BCUT2D eigenvalue weighted by Crippen LogP contribution is -2.55. The molecule has 1 amide bonds. The summed E-state index contributed by atoms with van der Waals surface area (Å²) in [4.78, 5) is 14.9. The van der Waals surface area contributed by atoms with E-state index in [1.54, 1.807) is 0 Å². The van der Waals surface area contributed by atoms with Gasteiger partial charge >= 0.3 is 0 Å². The maximum Gasteiger partial charge on any atom is 0.225 e. The monoisotopic (exact) mass is 351 g/mol. The normalized spacial score (nSPS) is 37.2. The third-order valence-corrected chi connectivity index (χ3v) is 6.88. The number of rotatable bonds is 4. The van der Waals surface area contributed by atoms with Gasteiger partial charge in [-0.1, -0.05) is 46.5 Å². The number of carbonyl (C=O) groups is 1. The number of nitrogens with zero attached hydrogens (tertiary/aromatic N) is 1. The zero-order chi connectivity index (χ0) is 18.2. The van der Waals surface area contributed by atoms with Crippen molar-refractivity contribution < 1.29 is 15.0 Å². The highest BCUT2D eigenvalue weighted by Gasteiger charge is 2.48. The van der Waals surface area contributed by atoms with Crippen LogP contribution in [0.4, 0.5) is 0 Å². The number of hydrogen-bond donors (Lipinski definition) is 2. The Hall–Kier alpha value is -0.610. The summed E-state index contributed by atoms with van der Waals surface area (Å²) in [6, 6.07) is 0. The van der Waals surface area contributed by atoms with Crippen molar-refractivity contribution in [3.63, 3.8) is 0 Å². The fourth-order valence-corrected chi connectivity index (χ4v) is 5.12. The van der Waals surface area contributed by atoms with Gasteiger partial charge in [-0.25, -0.2) is 0 Å². The summed E-state index contributed by atoms with van der Waals surface area (Å²) in [6.45, 7) is 7.99. The Kier molecular flexibility index (Phi) is 5.51. The van der Waals surface area contributed by atoms with Crippen molar-refractivity contribution >= 4 is 5.91 Å². The quantitative estimate of drug-likeness (QED) is 0.816. The Morgan fingerprint density at radius 1 is 1.16 bits per heavy atom.